The summed E-state index contributed by atoms with van der Waals surface area (Å²) in [6.45, 7) is 9.71. The zero-order valence-corrected chi connectivity index (χ0v) is 10.8. The van der Waals surface area contributed by atoms with Crippen molar-refractivity contribution >= 4 is 23.1 Å². The molecule has 0 heterocycles. The van der Waals surface area contributed by atoms with Crippen LogP contribution in [0.15, 0.2) is 0 Å². The van der Waals surface area contributed by atoms with Crippen molar-refractivity contribution < 1.29 is 26.1 Å². The van der Waals surface area contributed by atoms with Crippen molar-refractivity contribution in [3.05, 3.63) is 0 Å². The number of hydrogen-bond acceptors (Lipinski definition) is 5. The van der Waals surface area contributed by atoms with Gasteiger partial charge >= 0.3 is 16.4 Å². The first-order valence-electron chi connectivity index (χ1n) is 4.83. The van der Waals surface area contributed by atoms with Crippen LogP contribution in [0.25, 0.3) is 0 Å². The molecule has 0 aliphatic heterocycles. The van der Waals surface area contributed by atoms with Crippen LogP contribution in [0.3, 0.4) is 0 Å². The first-order chi connectivity index (χ1) is 7.10. The third-order valence-corrected chi connectivity index (χ3v) is 2.46. The van der Waals surface area contributed by atoms with Crippen molar-refractivity contribution in [1.29, 1.82) is 0 Å². The van der Waals surface area contributed by atoms with Crippen LogP contribution in [0, 0.1) is 0 Å². The van der Waals surface area contributed by atoms with Gasteiger partial charge in [0.25, 0.3) is 0 Å². The van der Waals surface area contributed by atoms with E-state index in [0.29, 0.717) is 6.42 Å². The van der Waals surface area contributed by atoms with Crippen LogP contribution in [0.4, 0.5) is 4.79 Å². The van der Waals surface area contributed by atoms with Gasteiger partial charge in [-0.3, -0.25) is 0 Å². The maximum absolute atomic E-state index is 11.4. The molecule has 0 aliphatic carbocycles. The minimum absolute atomic E-state index is 0.00283. The Morgan fingerprint density at radius 1 is 1.38 bits per heavy atom. The second kappa shape index (κ2) is 5.40. The zero-order valence-electron chi connectivity index (χ0n) is 10.0. The molecule has 0 bridgehead atoms. The van der Waals surface area contributed by atoms with Gasteiger partial charge < -0.3 is 4.74 Å². The molecule has 1 amide bonds. The van der Waals surface area contributed by atoms with E-state index in [4.69, 9.17) is 4.74 Å². The number of rotatable bonds is 4. The highest BCUT2D eigenvalue weighted by molar-refractivity contribution is 7.80. The average molecular weight is 252 g/mol. The first kappa shape index (κ1) is 15.0. The summed E-state index contributed by atoms with van der Waals surface area (Å²) in [5.74, 6) is 0. The summed E-state index contributed by atoms with van der Waals surface area (Å²) in [6.07, 6.45) is -0.551. The van der Waals surface area contributed by atoms with Gasteiger partial charge in [-0.05, 0) is 27.2 Å². The Kier molecular flexibility index (Phi) is 5.08. The monoisotopic (exact) mass is 252 g/mol. The van der Waals surface area contributed by atoms with E-state index in [1.807, 2.05) is 0 Å². The van der Waals surface area contributed by atoms with E-state index in [2.05, 4.69) is 10.9 Å². The first-order valence-corrected chi connectivity index (χ1v) is 6.20. The highest BCUT2D eigenvalue weighted by Crippen LogP contribution is 2.09. The molecule has 0 atom stereocenters. The van der Waals surface area contributed by atoms with E-state index in [1.165, 1.54) is 0 Å². The van der Waals surface area contributed by atoms with Gasteiger partial charge in [-0.2, -0.15) is 4.79 Å². The number of amides is 1. The summed E-state index contributed by atoms with van der Waals surface area (Å²) < 4.78 is 32.3. The molecule has 0 radical (unpaired) electrons. The second-order valence-corrected chi connectivity index (χ2v) is 5.64. The Balaban J connectivity index is 4.62. The van der Waals surface area contributed by atoms with Crippen molar-refractivity contribution in [2.24, 2.45) is 0 Å². The fraction of sp³-hybridized carbons (Fsp3) is 0.778. The van der Waals surface area contributed by atoms with Crippen LogP contribution in [-0.2, 0) is 19.2 Å². The fourth-order valence-corrected chi connectivity index (χ4v) is 1.38. The SMILES string of the molecule is C=[N+](C(=O)OC(C)(C)C)S(=O)(=O)OCCC. The van der Waals surface area contributed by atoms with E-state index in [0.717, 1.165) is 0 Å². The quantitative estimate of drug-likeness (QED) is 0.557. The smallest absolute Gasteiger partial charge is 0.405 e. The van der Waals surface area contributed by atoms with Gasteiger partial charge in [0.15, 0.2) is 6.72 Å². The van der Waals surface area contributed by atoms with Gasteiger partial charge in [0.05, 0.1) is 6.61 Å². The van der Waals surface area contributed by atoms with Crippen LogP contribution in [-0.4, -0.2) is 37.4 Å². The Hall–Kier alpha value is -0.950. The minimum Gasteiger partial charge on any atom is -0.405 e. The van der Waals surface area contributed by atoms with Crippen molar-refractivity contribution in [2.45, 2.75) is 39.7 Å². The topological polar surface area (TPSA) is 72.7 Å². The Morgan fingerprint density at radius 3 is 2.25 bits per heavy atom. The Bertz CT molecular complexity index is 366. The number of nitrogens with zero attached hydrogens (tertiary/aromatic N) is 1. The fourth-order valence-electron chi connectivity index (χ4n) is 0.656. The molecule has 0 saturated heterocycles. The lowest BCUT2D eigenvalue weighted by atomic mass is 10.2. The molecule has 0 aliphatic rings. The summed E-state index contributed by atoms with van der Waals surface area (Å²) >= 11 is 0. The van der Waals surface area contributed by atoms with Gasteiger partial charge in [-0.15, -0.1) is 8.42 Å². The number of ether oxygens (including phenoxy) is 1. The molecule has 94 valence electrons. The standard InChI is InChI=1S/C9H18NO5S/c1-6-7-14-16(12,13)10(5)8(11)15-9(2,3)4/h5-7H2,1-4H3/q+1. The normalized spacial score (nSPS) is 12.2. The predicted octanol–water partition coefficient (Wildman–Crippen LogP) is 1.31. The van der Waals surface area contributed by atoms with Crippen LogP contribution in [0.5, 0.6) is 0 Å². The van der Waals surface area contributed by atoms with E-state index >= 15 is 0 Å². The maximum atomic E-state index is 11.4. The van der Waals surface area contributed by atoms with E-state index in [9.17, 15) is 13.2 Å². The Labute approximate surface area is 96.1 Å². The molecule has 0 aromatic rings. The van der Waals surface area contributed by atoms with Crippen LogP contribution in [0.1, 0.15) is 34.1 Å². The molecular weight excluding hydrogens is 234 g/mol. The van der Waals surface area contributed by atoms with Crippen molar-refractivity contribution in [3.8, 4) is 0 Å². The second-order valence-electron chi connectivity index (χ2n) is 4.11. The zero-order chi connectivity index (χ0) is 13.0. The average Bonchev–Trinajstić information content (AvgIpc) is 2.10. The molecule has 0 saturated carbocycles. The van der Waals surface area contributed by atoms with Crippen LogP contribution < -0.4 is 0 Å². The molecule has 16 heavy (non-hydrogen) atoms. The van der Waals surface area contributed by atoms with Crippen LogP contribution >= 0.6 is 0 Å². The van der Waals surface area contributed by atoms with E-state index < -0.39 is 22.0 Å². The van der Waals surface area contributed by atoms with Gasteiger partial charge in [-0.25, -0.2) is 4.18 Å². The van der Waals surface area contributed by atoms with E-state index in [-0.39, 0.29) is 10.6 Å². The number of carbonyl (C=O) groups is 1. The van der Waals surface area contributed by atoms with Crippen LogP contribution in [0.2, 0.25) is 0 Å². The molecule has 6 nitrogen and oxygen atoms in total. The molecule has 0 unspecified atom stereocenters. The van der Waals surface area contributed by atoms with Gasteiger partial charge in [0, 0.05) is 3.98 Å². The van der Waals surface area contributed by atoms with Crippen molar-refractivity contribution in [1.82, 2.24) is 0 Å². The molecule has 0 spiro atoms. The minimum atomic E-state index is -4.15. The molecule has 0 rings (SSSR count). The summed E-state index contributed by atoms with van der Waals surface area (Å²) in [4.78, 5) is 11.4. The lowest BCUT2D eigenvalue weighted by Gasteiger charge is -2.15. The highest BCUT2D eigenvalue weighted by atomic mass is 32.2. The van der Waals surface area contributed by atoms with Crippen molar-refractivity contribution in [3.63, 3.8) is 0 Å². The third-order valence-electron chi connectivity index (χ3n) is 1.30. The Morgan fingerprint density at radius 2 is 1.88 bits per heavy atom. The molecule has 0 aromatic heterocycles. The predicted molar refractivity (Wildman–Crippen MR) is 58.8 cm³/mol. The molecule has 0 N–H and O–H groups in total. The molecule has 7 heteroatoms. The highest BCUT2D eigenvalue weighted by Gasteiger charge is 2.36. The van der Waals surface area contributed by atoms with Gasteiger partial charge in [0.1, 0.15) is 5.60 Å². The van der Waals surface area contributed by atoms with Gasteiger partial charge in [0.2, 0.25) is 0 Å². The lowest BCUT2D eigenvalue weighted by molar-refractivity contribution is -0.297. The van der Waals surface area contributed by atoms with Crippen molar-refractivity contribution in [2.75, 3.05) is 6.61 Å². The largest absolute Gasteiger partial charge is 0.616 e. The third kappa shape index (κ3) is 5.22. The lowest BCUT2D eigenvalue weighted by Crippen LogP contribution is -2.34. The summed E-state index contributed by atoms with van der Waals surface area (Å²) in [5.41, 5.74) is -0.784. The van der Waals surface area contributed by atoms with Gasteiger partial charge in [-0.1, -0.05) is 6.92 Å². The summed E-state index contributed by atoms with van der Waals surface area (Å²) in [7, 11) is -4.15. The summed E-state index contributed by atoms with van der Waals surface area (Å²) in [5, 5.41) is 0. The number of carbonyl (C=O) groups excluding carboxylic acids is 1. The molecular formula is C9H18NO5S+. The number of hydrogen-bond donors (Lipinski definition) is 0. The van der Waals surface area contributed by atoms with E-state index in [1.54, 1.807) is 27.7 Å². The molecule has 0 fully saturated rings. The maximum Gasteiger partial charge on any atom is 0.616 e. The summed E-state index contributed by atoms with van der Waals surface area (Å²) in [6, 6.07) is 0. The molecule has 0 aromatic carbocycles.